The van der Waals surface area contributed by atoms with Crippen LogP contribution in [0.2, 0.25) is 0 Å². The van der Waals surface area contributed by atoms with E-state index in [0.29, 0.717) is 0 Å². The average Bonchev–Trinajstić information content (AvgIpc) is 2.45. The van der Waals surface area contributed by atoms with E-state index in [9.17, 15) is 13.2 Å². The molecule has 1 N–H and O–H groups in total. The highest BCUT2D eigenvalue weighted by molar-refractivity contribution is 7.89. The number of hydrogen-bond acceptors (Lipinski definition) is 4. The molecule has 7 heteroatoms. The topological polar surface area (TPSA) is 75.7 Å². The van der Waals surface area contributed by atoms with Crippen LogP contribution in [0.5, 0.6) is 5.75 Å². The standard InChI is InChI=1S/C15H24N2O4S/c1-7-15(2,3)16-14(18)11-8-9-12(21-6)13(10-11)22(19,20)17(4)5/h8-10H,7H2,1-6H3,(H,16,18). The second-order valence-corrected chi connectivity index (χ2v) is 7.96. The summed E-state index contributed by atoms with van der Waals surface area (Å²) in [6, 6.07) is 4.38. The second kappa shape index (κ2) is 6.66. The summed E-state index contributed by atoms with van der Waals surface area (Å²) in [5.74, 6) is -0.107. The molecular formula is C15H24N2O4S. The van der Waals surface area contributed by atoms with Crippen molar-refractivity contribution in [2.24, 2.45) is 0 Å². The Kier molecular flexibility index (Phi) is 5.59. The minimum absolute atomic E-state index is 0.0260. The van der Waals surface area contributed by atoms with Gasteiger partial charge in [-0.2, -0.15) is 0 Å². The van der Waals surface area contributed by atoms with Gasteiger partial charge in [0.1, 0.15) is 10.6 Å². The Hall–Kier alpha value is -1.60. The zero-order valence-corrected chi connectivity index (χ0v) is 14.7. The van der Waals surface area contributed by atoms with E-state index in [1.54, 1.807) is 6.07 Å². The van der Waals surface area contributed by atoms with Gasteiger partial charge in [-0.05, 0) is 38.5 Å². The van der Waals surface area contributed by atoms with Crippen LogP contribution in [0.1, 0.15) is 37.6 Å². The highest BCUT2D eigenvalue weighted by Gasteiger charge is 2.25. The third-order valence-corrected chi connectivity index (χ3v) is 5.36. The molecular weight excluding hydrogens is 304 g/mol. The molecule has 0 spiro atoms. The van der Waals surface area contributed by atoms with Gasteiger partial charge in [-0.3, -0.25) is 4.79 Å². The fourth-order valence-electron chi connectivity index (χ4n) is 1.68. The number of ether oxygens (including phenoxy) is 1. The molecule has 0 bridgehead atoms. The van der Waals surface area contributed by atoms with Gasteiger partial charge in [0.05, 0.1) is 7.11 Å². The van der Waals surface area contributed by atoms with Crippen molar-refractivity contribution in [1.82, 2.24) is 9.62 Å². The van der Waals surface area contributed by atoms with Crippen LogP contribution >= 0.6 is 0 Å². The van der Waals surface area contributed by atoms with Crippen molar-refractivity contribution >= 4 is 15.9 Å². The molecule has 0 saturated carbocycles. The molecule has 1 rings (SSSR count). The molecule has 1 aromatic rings. The molecule has 0 saturated heterocycles. The highest BCUT2D eigenvalue weighted by Crippen LogP contribution is 2.27. The van der Waals surface area contributed by atoms with Gasteiger partial charge >= 0.3 is 0 Å². The Balaban J connectivity index is 3.30. The molecule has 0 unspecified atom stereocenters. The van der Waals surface area contributed by atoms with Crippen molar-refractivity contribution in [3.05, 3.63) is 23.8 Å². The summed E-state index contributed by atoms with van der Waals surface area (Å²) in [4.78, 5) is 12.3. The molecule has 0 aromatic heterocycles. The van der Waals surface area contributed by atoms with Gasteiger partial charge in [0.25, 0.3) is 5.91 Å². The first-order valence-electron chi connectivity index (χ1n) is 6.98. The zero-order chi connectivity index (χ0) is 17.1. The molecule has 1 aromatic carbocycles. The lowest BCUT2D eigenvalue weighted by atomic mass is 10.0. The van der Waals surface area contributed by atoms with Crippen LogP contribution in [0, 0.1) is 0 Å². The van der Waals surface area contributed by atoms with E-state index >= 15 is 0 Å². The molecule has 0 aliphatic heterocycles. The van der Waals surface area contributed by atoms with Crippen LogP contribution in [0.4, 0.5) is 0 Å². The van der Waals surface area contributed by atoms with Crippen LogP contribution < -0.4 is 10.1 Å². The third kappa shape index (κ3) is 3.98. The van der Waals surface area contributed by atoms with Gasteiger partial charge in [0.2, 0.25) is 10.0 Å². The largest absolute Gasteiger partial charge is 0.495 e. The van der Waals surface area contributed by atoms with Crippen LogP contribution in [0.15, 0.2) is 23.1 Å². The number of carbonyl (C=O) groups is 1. The van der Waals surface area contributed by atoms with Crippen molar-refractivity contribution in [3.63, 3.8) is 0 Å². The summed E-state index contributed by atoms with van der Waals surface area (Å²) >= 11 is 0. The minimum Gasteiger partial charge on any atom is -0.495 e. The summed E-state index contributed by atoms with van der Waals surface area (Å²) < 4.78 is 30.9. The first-order valence-corrected chi connectivity index (χ1v) is 8.42. The molecule has 22 heavy (non-hydrogen) atoms. The van der Waals surface area contributed by atoms with Crippen LogP contribution in [-0.2, 0) is 10.0 Å². The third-order valence-electron chi connectivity index (χ3n) is 3.52. The quantitative estimate of drug-likeness (QED) is 0.865. The predicted molar refractivity (Wildman–Crippen MR) is 85.7 cm³/mol. The zero-order valence-electron chi connectivity index (χ0n) is 13.9. The fraction of sp³-hybridized carbons (Fsp3) is 0.533. The number of nitrogens with one attached hydrogen (secondary N) is 1. The number of benzene rings is 1. The molecule has 0 heterocycles. The summed E-state index contributed by atoms with van der Waals surface area (Å²) in [6.45, 7) is 5.79. The first kappa shape index (κ1) is 18.4. The minimum atomic E-state index is -3.70. The lowest BCUT2D eigenvalue weighted by Gasteiger charge is -2.24. The second-order valence-electron chi connectivity index (χ2n) is 5.84. The van der Waals surface area contributed by atoms with Gasteiger partial charge in [0.15, 0.2) is 0 Å². The number of sulfonamides is 1. The molecule has 6 nitrogen and oxygen atoms in total. The number of methoxy groups -OCH3 is 1. The van der Waals surface area contributed by atoms with E-state index in [2.05, 4.69) is 5.32 Å². The molecule has 124 valence electrons. The maximum atomic E-state index is 12.3. The molecule has 0 radical (unpaired) electrons. The average molecular weight is 328 g/mol. The summed E-state index contributed by atoms with van der Waals surface area (Å²) in [5.41, 5.74) is -0.0832. The SMILES string of the molecule is CCC(C)(C)NC(=O)c1ccc(OC)c(S(=O)(=O)N(C)C)c1. The number of hydrogen-bond donors (Lipinski definition) is 1. The van der Waals surface area contributed by atoms with Crippen molar-refractivity contribution in [1.29, 1.82) is 0 Å². The van der Waals surface area contributed by atoms with Gasteiger partial charge in [-0.15, -0.1) is 0 Å². The smallest absolute Gasteiger partial charge is 0.251 e. The van der Waals surface area contributed by atoms with E-state index in [-0.39, 0.29) is 27.7 Å². The van der Waals surface area contributed by atoms with Crippen LogP contribution in [-0.4, -0.2) is 45.4 Å². The van der Waals surface area contributed by atoms with Crippen molar-refractivity contribution in [2.75, 3.05) is 21.2 Å². The van der Waals surface area contributed by atoms with Crippen LogP contribution in [0.25, 0.3) is 0 Å². The Morgan fingerprint density at radius 1 is 1.32 bits per heavy atom. The normalized spacial score (nSPS) is 12.3. The Labute approximate surface area is 132 Å². The lowest BCUT2D eigenvalue weighted by molar-refractivity contribution is 0.0911. The predicted octanol–water partition coefficient (Wildman–Crippen LogP) is 1.86. The molecule has 0 aliphatic carbocycles. The van der Waals surface area contributed by atoms with E-state index in [0.717, 1.165) is 10.7 Å². The number of amides is 1. The maximum Gasteiger partial charge on any atom is 0.251 e. The number of rotatable bonds is 6. The van der Waals surface area contributed by atoms with E-state index in [4.69, 9.17) is 4.74 Å². The molecule has 0 aliphatic rings. The Morgan fingerprint density at radius 2 is 1.91 bits per heavy atom. The first-order chi connectivity index (χ1) is 10.0. The van der Waals surface area contributed by atoms with Crippen molar-refractivity contribution < 1.29 is 17.9 Å². The number of carbonyl (C=O) groups excluding carboxylic acids is 1. The Bertz CT molecular complexity index is 652. The summed E-state index contributed by atoms with van der Waals surface area (Å²) in [5, 5.41) is 2.88. The maximum absolute atomic E-state index is 12.3. The van der Waals surface area contributed by atoms with Gasteiger partial charge in [-0.25, -0.2) is 12.7 Å². The van der Waals surface area contributed by atoms with Gasteiger partial charge in [-0.1, -0.05) is 6.92 Å². The lowest BCUT2D eigenvalue weighted by Crippen LogP contribution is -2.42. The number of nitrogens with zero attached hydrogens (tertiary/aromatic N) is 1. The van der Waals surface area contributed by atoms with Crippen molar-refractivity contribution in [2.45, 2.75) is 37.6 Å². The molecule has 1 amide bonds. The summed E-state index contributed by atoms with van der Waals surface area (Å²) in [6.07, 6.45) is 0.762. The monoisotopic (exact) mass is 328 g/mol. The van der Waals surface area contributed by atoms with E-state index in [1.807, 2.05) is 20.8 Å². The highest BCUT2D eigenvalue weighted by atomic mass is 32.2. The summed E-state index contributed by atoms with van der Waals surface area (Å²) in [7, 11) is 0.561. The van der Waals surface area contributed by atoms with Gasteiger partial charge < -0.3 is 10.1 Å². The van der Waals surface area contributed by atoms with Crippen LogP contribution in [0.3, 0.4) is 0 Å². The van der Waals surface area contributed by atoms with E-state index < -0.39 is 10.0 Å². The van der Waals surface area contributed by atoms with Gasteiger partial charge in [0, 0.05) is 25.2 Å². The Morgan fingerprint density at radius 3 is 2.36 bits per heavy atom. The molecule has 0 atom stereocenters. The van der Waals surface area contributed by atoms with E-state index in [1.165, 1.54) is 33.3 Å². The fourth-order valence-corrected chi connectivity index (χ4v) is 2.76. The van der Waals surface area contributed by atoms with Crippen molar-refractivity contribution in [3.8, 4) is 5.75 Å². The molecule has 0 fully saturated rings.